The van der Waals surface area contributed by atoms with Gasteiger partial charge in [0.25, 0.3) is 0 Å². The maximum absolute atomic E-state index is 12.0. The number of esters is 1. The molecule has 0 bridgehead atoms. The molecule has 0 spiro atoms. The van der Waals surface area contributed by atoms with E-state index in [0.29, 0.717) is 32.8 Å². The largest absolute Gasteiger partial charge is 0.466 e. The molecule has 1 amide bonds. The van der Waals surface area contributed by atoms with E-state index in [4.69, 9.17) is 9.47 Å². The second-order valence-electron chi connectivity index (χ2n) is 4.79. The van der Waals surface area contributed by atoms with Gasteiger partial charge in [0.2, 0.25) is 5.91 Å². The molecular weight excluding hydrogens is 246 g/mol. The number of carbonyl (C=O) groups is 2. The summed E-state index contributed by atoms with van der Waals surface area (Å²) < 4.78 is 10.3. The molecule has 1 heterocycles. The quantitative estimate of drug-likeness (QED) is 0.521. The van der Waals surface area contributed by atoms with Crippen LogP contribution >= 0.6 is 0 Å². The molecule has 0 saturated carbocycles. The SMILES string of the molecule is CCCOCCC(=O)N1CCCC(C(=O)OCC)C1. The Morgan fingerprint density at radius 3 is 2.74 bits per heavy atom. The van der Waals surface area contributed by atoms with Crippen LogP contribution < -0.4 is 0 Å². The first-order valence-corrected chi connectivity index (χ1v) is 7.21. The van der Waals surface area contributed by atoms with Gasteiger partial charge in [-0.2, -0.15) is 0 Å². The molecule has 1 atom stereocenters. The van der Waals surface area contributed by atoms with E-state index >= 15 is 0 Å². The monoisotopic (exact) mass is 271 g/mol. The van der Waals surface area contributed by atoms with Gasteiger partial charge in [-0.3, -0.25) is 9.59 Å². The minimum atomic E-state index is -0.178. The van der Waals surface area contributed by atoms with Crippen molar-refractivity contribution in [2.45, 2.75) is 39.5 Å². The number of rotatable bonds is 7. The summed E-state index contributed by atoms with van der Waals surface area (Å²) in [6, 6.07) is 0. The molecule has 1 aliphatic rings. The number of carbonyl (C=O) groups excluding carboxylic acids is 2. The van der Waals surface area contributed by atoms with Gasteiger partial charge in [0.05, 0.1) is 25.6 Å². The molecule has 0 radical (unpaired) electrons. The van der Waals surface area contributed by atoms with Crippen molar-refractivity contribution in [1.29, 1.82) is 0 Å². The number of amides is 1. The Labute approximate surface area is 115 Å². The smallest absolute Gasteiger partial charge is 0.310 e. The second kappa shape index (κ2) is 8.91. The molecule has 1 rings (SSSR count). The van der Waals surface area contributed by atoms with Crippen molar-refractivity contribution < 1.29 is 19.1 Å². The van der Waals surface area contributed by atoms with Gasteiger partial charge in [0, 0.05) is 19.7 Å². The molecule has 1 fully saturated rings. The van der Waals surface area contributed by atoms with Gasteiger partial charge < -0.3 is 14.4 Å². The summed E-state index contributed by atoms with van der Waals surface area (Å²) in [4.78, 5) is 25.4. The Morgan fingerprint density at radius 2 is 2.05 bits per heavy atom. The predicted octanol–water partition coefficient (Wildman–Crippen LogP) is 1.60. The Kier molecular flexibility index (Phi) is 7.48. The van der Waals surface area contributed by atoms with Crippen LogP contribution in [0.3, 0.4) is 0 Å². The van der Waals surface area contributed by atoms with Crippen molar-refractivity contribution in [3.05, 3.63) is 0 Å². The zero-order valence-electron chi connectivity index (χ0n) is 12.0. The fourth-order valence-electron chi connectivity index (χ4n) is 2.22. The molecule has 0 aliphatic carbocycles. The maximum atomic E-state index is 12.0. The molecule has 19 heavy (non-hydrogen) atoms. The molecule has 0 aromatic rings. The second-order valence-corrected chi connectivity index (χ2v) is 4.79. The molecule has 110 valence electrons. The van der Waals surface area contributed by atoms with Gasteiger partial charge in [-0.05, 0) is 26.2 Å². The van der Waals surface area contributed by atoms with Gasteiger partial charge in [0.1, 0.15) is 0 Å². The summed E-state index contributed by atoms with van der Waals surface area (Å²) in [5.74, 6) is -0.262. The summed E-state index contributed by atoms with van der Waals surface area (Å²) in [5, 5.41) is 0. The number of nitrogens with zero attached hydrogens (tertiary/aromatic N) is 1. The summed E-state index contributed by atoms with van der Waals surface area (Å²) in [5.41, 5.74) is 0. The lowest BCUT2D eigenvalue weighted by Gasteiger charge is -2.31. The highest BCUT2D eigenvalue weighted by Gasteiger charge is 2.28. The summed E-state index contributed by atoms with van der Waals surface area (Å²) in [7, 11) is 0. The first-order valence-electron chi connectivity index (χ1n) is 7.21. The molecule has 1 unspecified atom stereocenters. The minimum Gasteiger partial charge on any atom is -0.466 e. The molecule has 0 aromatic heterocycles. The third kappa shape index (κ3) is 5.59. The van der Waals surface area contributed by atoms with Crippen molar-refractivity contribution in [3.8, 4) is 0 Å². The number of hydrogen-bond acceptors (Lipinski definition) is 4. The van der Waals surface area contributed by atoms with Crippen molar-refractivity contribution >= 4 is 11.9 Å². The van der Waals surface area contributed by atoms with Crippen molar-refractivity contribution in [3.63, 3.8) is 0 Å². The van der Waals surface area contributed by atoms with Gasteiger partial charge in [0.15, 0.2) is 0 Å². The Morgan fingerprint density at radius 1 is 1.26 bits per heavy atom. The average molecular weight is 271 g/mol. The molecule has 1 aliphatic heterocycles. The third-order valence-electron chi connectivity index (χ3n) is 3.20. The van der Waals surface area contributed by atoms with Crippen molar-refractivity contribution in [2.24, 2.45) is 5.92 Å². The standard InChI is InChI=1S/C14H25NO4/c1-3-9-18-10-7-13(16)15-8-5-6-12(11-15)14(17)19-4-2/h12H,3-11H2,1-2H3. The van der Waals surface area contributed by atoms with Crippen LogP contribution in [0.15, 0.2) is 0 Å². The van der Waals surface area contributed by atoms with Crippen LogP contribution in [0.4, 0.5) is 0 Å². The van der Waals surface area contributed by atoms with E-state index in [-0.39, 0.29) is 17.8 Å². The number of piperidine rings is 1. The van der Waals surface area contributed by atoms with E-state index < -0.39 is 0 Å². The number of ether oxygens (including phenoxy) is 2. The van der Waals surface area contributed by atoms with Crippen LogP contribution in [0.25, 0.3) is 0 Å². The number of hydrogen-bond donors (Lipinski definition) is 0. The Balaban J connectivity index is 2.32. The third-order valence-corrected chi connectivity index (χ3v) is 3.20. The maximum Gasteiger partial charge on any atom is 0.310 e. The zero-order chi connectivity index (χ0) is 14.1. The first-order chi connectivity index (χ1) is 9.19. The summed E-state index contributed by atoms with van der Waals surface area (Å²) >= 11 is 0. The predicted molar refractivity (Wildman–Crippen MR) is 71.7 cm³/mol. The topological polar surface area (TPSA) is 55.8 Å². The van der Waals surface area contributed by atoms with E-state index in [1.807, 2.05) is 6.92 Å². The molecule has 0 aromatic carbocycles. The highest BCUT2D eigenvalue weighted by molar-refractivity contribution is 5.78. The van der Waals surface area contributed by atoms with Gasteiger partial charge in [-0.25, -0.2) is 0 Å². The molecule has 0 N–H and O–H groups in total. The van der Waals surface area contributed by atoms with Crippen molar-refractivity contribution in [2.75, 3.05) is 32.9 Å². The van der Waals surface area contributed by atoms with Crippen LogP contribution in [0.5, 0.6) is 0 Å². The van der Waals surface area contributed by atoms with Gasteiger partial charge in [-0.15, -0.1) is 0 Å². The van der Waals surface area contributed by atoms with E-state index in [1.165, 1.54) is 0 Å². The average Bonchev–Trinajstić information content (AvgIpc) is 2.44. The van der Waals surface area contributed by atoms with Crippen molar-refractivity contribution in [1.82, 2.24) is 4.90 Å². The lowest BCUT2D eigenvalue weighted by molar-refractivity contribution is -0.151. The van der Waals surface area contributed by atoms with E-state index in [9.17, 15) is 9.59 Å². The lowest BCUT2D eigenvalue weighted by atomic mass is 9.98. The van der Waals surface area contributed by atoms with Gasteiger partial charge in [-0.1, -0.05) is 6.92 Å². The molecule has 1 saturated heterocycles. The Hall–Kier alpha value is -1.10. The van der Waals surface area contributed by atoms with Crippen LogP contribution in [0.2, 0.25) is 0 Å². The van der Waals surface area contributed by atoms with E-state index in [0.717, 1.165) is 25.8 Å². The highest BCUT2D eigenvalue weighted by atomic mass is 16.5. The highest BCUT2D eigenvalue weighted by Crippen LogP contribution is 2.18. The lowest BCUT2D eigenvalue weighted by Crippen LogP contribution is -2.43. The van der Waals surface area contributed by atoms with Crippen LogP contribution in [-0.2, 0) is 19.1 Å². The molecule has 5 heteroatoms. The Bertz CT molecular complexity index is 293. The molecule has 5 nitrogen and oxygen atoms in total. The first kappa shape index (κ1) is 16.0. The van der Waals surface area contributed by atoms with Crippen LogP contribution in [-0.4, -0.2) is 49.7 Å². The van der Waals surface area contributed by atoms with Crippen LogP contribution in [0, 0.1) is 5.92 Å². The van der Waals surface area contributed by atoms with Gasteiger partial charge >= 0.3 is 5.97 Å². The zero-order valence-corrected chi connectivity index (χ0v) is 12.0. The van der Waals surface area contributed by atoms with E-state index in [2.05, 4.69) is 0 Å². The minimum absolute atomic E-state index is 0.0742. The van der Waals surface area contributed by atoms with E-state index in [1.54, 1.807) is 11.8 Å². The fraction of sp³-hybridized carbons (Fsp3) is 0.857. The summed E-state index contributed by atoms with van der Waals surface area (Å²) in [6.45, 7) is 6.62. The van der Waals surface area contributed by atoms with Crippen LogP contribution in [0.1, 0.15) is 39.5 Å². The fourth-order valence-corrected chi connectivity index (χ4v) is 2.22. The molecular formula is C14H25NO4. The summed E-state index contributed by atoms with van der Waals surface area (Å²) in [6.07, 6.45) is 3.04. The number of likely N-dealkylation sites (tertiary alicyclic amines) is 1. The normalized spacial score (nSPS) is 19.3.